The van der Waals surface area contributed by atoms with E-state index < -0.39 is 30.1 Å². The number of methoxy groups -OCH3 is 1. The number of benzene rings is 1. The quantitative estimate of drug-likeness (QED) is 0.296. The number of nitrogens with one attached hydrogen (secondary N) is 1. The van der Waals surface area contributed by atoms with E-state index in [9.17, 15) is 24.6 Å². The van der Waals surface area contributed by atoms with Gasteiger partial charge in [0.05, 0.1) is 25.7 Å². The second kappa shape index (κ2) is 12.2. The maximum Gasteiger partial charge on any atom is 0.247 e. The summed E-state index contributed by atoms with van der Waals surface area (Å²) in [5.41, 5.74) is 1.20. The van der Waals surface area contributed by atoms with Crippen LogP contribution in [-0.4, -0.2) is 78.3 Å². The molecule has 0 fully saturated rings. The molecule has 1 aliphatic carbocycles. The van der Waals surface area contributed by atoms with Gasteiger partial charge in [0.2, 0.25) is 11.8 Å². The predicted octanol–water partition coefficient (Wildman–Crippen LogP) is 1.97. The molecule has 9 heteroatoms. The van der Waals surface area contributed by atoms with Crippen LogP contribution < -0.4 is 14.8 Å². The van der Waals surface area contributed by atoms with E-state index in [1.54, 1.807) is 23.1 Å². The molecule has 9 nitrogen and oxygen atoms in total. The summed E-state index contributed by atoms with van der Waals surface area (Å²) in [7, 11) is 1.45. The number of aldehydes is 1. The summed E-state index contributed by atoms with van der Waals surface area (Å²) in [6.07, 6.45) is 3.40. The molecule has 3 rings (SSSR count). The van der Waals surface area contributed by atoms with Crippen molar-refractivity contribution in [3.8, 4) is 11.5 Å². The largest absolute Gasteiger partial charge is 0.493 e. The van der Waals surface area contributed by atoms with Crippen LogP contribution in [0.25, 0.3) is 0 Å². The van der Waals surface area contributed by atoms with E-state index in [4.69, 9.17) is 9.47 Å². The van der Waals surface area contributed by atoms with Gasteiger partial charge in [-0.15, -0.1) is 6.58 Å². The summed E-state index contributed by atoms with van der Waals surface area (Å²) in [5, 5.41) is 23.4. The van der Waals surface area contributed by atoms with Gasteiger partial charge >= 0.3 is 0 Å². The summed E-state index contributed by atoms with van der Waals surface area (Å²) >= 11 is 0. The van der Waals surface area contributed by atoms with Crippen LogP contribution in [0.1, 0.15) is 54.9 Å². The third-order valence-corrected chi connectivity index (χ3v) is 6.60. The van der Waals surface area contributed by atoms with Crippen molar-refractivity contribution in [3.05, 3.63) is 47.6 Å². The van der Waals surface area contributed by atoms with E-state index in [2.05, 4.69) is 25.7 Å². The summed E-state index contributed by atoms with van der Waals surface area (Å²) < 4.78 is 11.6. The number of carbonyl (C=O) groups excluding carboxylic acids is 3. The van der Waals surface area contributed by atoms with Crippen LogP contribution >= 0.6 is 0 Å². The number of aliphatic hydroxyl groups excluding tert-OH is 2. The maximum atomic E-state index is 13.3. The highest BCUT2D eigenvalue weighted by Gasteiger charge is 2.51. The average molecular weight is 501 g/mol. The second-order valence-electron chi connectivity index (χ2n) is 9.50. The first-order valence-electron chi connectivity index (χ1n) is 12.3. The molecule has 1 aromatic carbocycles. The number of aliphatic hydroxyl groups is 2. The Kier molecular flexibility index (Phi) is 9.28. The molecule has 3 N–H and O–H groups in total. The van der Waals surface area contributed by atoms with E-state index in [1.165, 1.54) is 13.2 Å². The molecule has 0 spiro atoms. The van der Waals surface area contributed by atoms with Crippen LogP contribution in [0.2, 0.25) is 0 Å². The number of hydrogen-bond acceptors (Lipinski definition) is 7. The first kappa shape index (κ1) is 27.4. The van der Waals surface area contributed by atoms with Gasteiger partial charge in [0.25, 0.3) is 0 Å². The molecule has 0 saturated carbocycles. The van der Waals surface area contributed by atoms with Gasteiger partial charge in [0.15, 0.2) is 11.5 Å². The topological polar surface area (TPSA) is 125 Å². The fourth-order valence-electron chi connectivity index (χ4n) is 4.77. The van der Waals surface area contributed by atoms with Gasteiger partial charge < -0.3 is 29.9 Å². The van der Waals surface area contributed by atoms with E-state index >= 15 is 0 Å². The summed E-state index contributed by atoms with van der Waals surface area (Å²) in [5.74, 6) is -0.283. The van der Waals surface area contributed by atoms with Gasteiger partial charge in [-0.3, -0.25) is 14.4 Å². The molecule has 4 unspecified atom stereocenters. The van der Waals surface area contributed by atoms with Crippen molar-refractivity contribution in [2.45, 2.75) is 57.3 Å². The minimum Gasteiger partial charge on any atom is -0.493 e. The van der Waals surface area contributed by atoms with Gasteiger partial charge in [-0.05, 0) is 37.0 Å². The van der Waals surface area contributed by atoms with Crippen LogP contribution in [0.15, 0.2) is 36.4 Å². The normalized spacial score (nSPS) is 22.1. The number of rotatable bonds is 12. The fraction of sp³-hybridized carbons (Fsp3) is 0.519. The van der Waals surface area contributed by atoms with Crippen LogP contribution in [0.4, 0.5) is 0 Å². The van der Waals surface area contributed by atoms with Gasteiger partial charge in [-0.25, -0.2) is 0 Å². The Hall–Kier alpha value is -3.17. The highest BCUT2D eigenvalue weighted by atomic mass is 16.5. The summed E-state index contributed by atoms with van der Waals surface area (Å²) in [6.45, 7) is 8.00. The van der Waals surface area contributed by atoms with Gasteiger partial charge in [-0.2, -0.15) is 0 Å². The predicted molar refractivity (Wildman–Crippen MR) is 134 cm³/mol. The molecular formula is C27H36N2O7. The van der Waals surface area contributed by atoms with Crippen molar-refractivity contribution in [3.63, 3.8) is 0 Å². The van der Waals surface area contributed by atoms with Crippen molar-refractivity contribution in [2.75, 3.05) is 26.8 Å². The Balaban J connectivity index is 2.10. The number of allylic oxidation sites excluding steroid dienone is 1. The Bertz CT molecular complexity index is 1020. The molecule has 0 aromatic heterocycles. The number of fused-ring (bicyclic) bond motifs is 3. The Morgan fingerprint density at radius 1 is 1.33 bits per heavy atom. The zero-order valence-electron chi connectivity index (χ0n) is 21.1. The molecule has 4 atom stereocenters. The van der Waals surface area contributed by atoms with Crippen molar-refractivity contribution in [2.24, 2.45) is 5.92 Å². The van der Waals surface area contributed by atoms with Crippen LogP contribution in [0.3, 0.4) is 0 Å². The third-order valence-electron chi connectivity index (χ3n) is 6.60. The van der Waals surface area contributed by atoms with Crippen molar-refractivity contribution in [1.82, 2.24) is 10.2 Å². The van der Waals surface area contributed by atoms with E-state index in [0.717, 1.165) is 0 Å². The minimum absolute atomic E-state index is 0.0432. The van der Waals surface area contributed by atoms with Crippen molar-refractivity contribution < 1.29 is 34.1 Å². The monoisotopic (exact) mass is 500 g/mol. The molecule has 2 amide bonds. The number of ether oxygens (including phenoxy) is 2. The molecule has 1 heterocycles. The molecule has 196 valence electrons. The number of carbonyl (C=O) groups is 3. The number of hydrogen-bond donors (Lipinski definition) is 3. The van der Waals surface area contributed by atoms with Crippen LogP contribution in [0.5, 0.6) is 11.5 Å². The van der Waals surface area contributed by atoms with E-state index in [-0.39, 0.29) is 25.5 Å². The lowest BCUT2D eigenvalue weighted by molar-refractivity contribution is -0.137. The van der Waals surface area contributed by atoms with E-state index in [0.29, 0.717) is 59.8 Å². The molecule has 1 aliphatic heterocycles. The van der Waals surface area contributed by atoms with Crippen LogP contribution in [0, 0.1) is 5.92 Å². The van der Waals surface area contributed by atoms with Gasteiger partial charge in [0, 0.05) is 36.2 Å². The zero-order chi connectivity index (χ0) is 26.4. The second-order valence-corrected chi connectivity index (χ2v) is 9.50. The zero-order valence-corrected chi connectivity index (χ0v) is 21.1. The standard InChI is InChI=1S/C27H36N2O7/c1-5-6-7-22(32)29(10-8-16(2)3)20-14-19(27(34)28-9-11-30)23-18-12-17(15-31)13-21(35-4)25(18)36-26(23)24(20)33/h5,12-16,20,23-24,26,30,33H,1,6-11H2,2-4H3,(H,28,34). The average Bonchev–Trinajstić information content (AvgIpc) is 3.26. The Morgan fingerprint density at radius 2 is 2.08 bits per heavy atom. The fourth-order valence-corrected chi connectivity index (χ4v) is 4.77. The highest BCUT2D eigenvalue weighted by Crippen LogP contribution is 2.51. The summed E-state index contributed by atoms with van der Waals surface area (Å²) in [6, 6.07) is 2.36. The number of nitrogens with zero attached hydrogens (tertiary/aromatic N) is 1. The molecule has 0 saturated heterocycles. The van der Waals surface area contributed by atoms with Crippen molar-refractivity contribution >= 4 is 18.1 Å². The Labute approximate surface area is 211 Å². The lowest BCUT2D eigenvalue weighted by atomic mass is 9.77. The lowest BCUT2D eigenvalue weighted by Gasteiger charge is -2.41. The first-order valence-corrected chi connectivity index (χ1v) is 12.3. The molecule has 36 heavy (non-hydrogen) atoms. The van der Waals surface area contributed by atoms with Gasteiger partial charge in [-0.1, -0.05) is 19.9 Å². The molecule has 2 aliphatic rings. The first-order chi connectivity index (χ1) is 17.3. The Morgan fingerprint density at radius 3 is 2.69 bits per heavy atom. The van der Waals surface area contributed by atoms with Gasteiger partial charge in [0.1, 0.15) is 18.5 Å². The molecule has 0 bridgehead atoms. The molecular weight excluding hydrogens is 464 g/mol. The highest BCUT2D eigenvalue weighted by molar-refractivity contribution is 5.96. The van der Waals surface area contributed by atoms with Crippen LogP contribution in [-0.2, 0) is 9.59 Å². The SMILES string of the molecule is C=CCCC(=O)N(CCC(C)C)C1C=C(C(=O)NCCO)C2c3cc(C=O)cc(OC)c3OC2C1O. The smallest absolute Gasteiger partial charge is 0.247 e. The molecule has 0 radical (unpaired) electrons. The number of amides is 2. The molecule has 1 aromatic rings. The minimum atomic E-state index is -1.14. The van der Waals surface area contributed by atoms with E-state index in [1.807, 2.05) is 0 Å². The lowest BCUT2D eigenvalue weighted by Crippen LogP contribution is -2.56. The maximum absolute atomic E-state index is 13.3. The third kappa shape index (κ3) is 5.63. The summed E-state index contributed by atoms with van der Waals surface area (Å²) in [4.78, 5) is 39.6. The van der Waals surface area contributed by atoms with Crippen molar-refractivity contribution in [1.29, 1.82) is 0 Å².